The standard InChI is InChI=1S/C12H13IO3/c1-7(2)12(15)16-6-9-4-8(3)11(14)10(13)5-9/h4-5,14H,1,6H2,2-3H3. The van der Waals surface area contributed by atoms with Gasteiger partial charge in [-0.1, -0.05) is 6.58 Å². The van der Waals surface area contributed by atoms with Crippen LogP contribution in [-0.2, 0) is 16.1 Å². The summed E-state index contributed by atoms with van der Waals surface area (Å²) in [5.41, 5.74) is 2.01. The van der Waals surface area contributed by atoms with E-state index in [9.17, 15) is 9.90 Å². The van der Waals surface area contributed by atoms with E-state index in [2.05, 4.69) is 6.58 Å². The van der Waals surface area contributed by atoms with Crippen molar-refractivity contribution in [3.8, 4) is 5.75 Å². The SMILES string of the molecule is C=C(C)C(=O)OCc1cc(C)c(O)c(I)c1. The number of hydrogen-bond acceptors (Lipinski definition) is 3. The molecule has 0 aliphatic rings. The Labute approximate surface area is 108 Å². The predicted octanol–water partition coefficient (Wildman–Crippen LogP) is 2.92. The Bertz CT molecular complexity index is 415. The van der Waals surface area contributed by atoms with E-state index in [4.69, 9.17) is 4.74 Å². The Morgan fingerprint density at radius 1 is 1.56 bits per heavy atom. The molecule has 16 heavy (non-hydrogen) atoms. The number of rotatable bonds is 3. The Morgan fingerprint density at radius 3 is 2.69 bits per heavy atom. The third-order valence-electron chi connectivity index (χ3n) is 2.03. The quantitative estimate of drug-likeness (QED) is 0.526. The van der Waals surface area contributed by atoms with E-state index in [-0.39, 0.29) is 12.4 Å². The molecule has 3 nitrogen and oxygen atoms in total. The molecule has 0 fully saturated rings. The van der Waals surface area contributed by atoms with Crippen molar-refractivity contribution in [3.05, 3.63) is 39.0 Å². The van der Waals surface area contributed by atoms with Crippen molar-refractivity contribution in [1.82, 2.24) is 0 Å². The molecule has 0 amide bonds. The molecule has 0 atom stereocenters. The molecule has 0 radical (unpaired) electrons. The maximum Gasteiger partial charge on any atom is 0.333 e. The lowest BCUT2D eigenvalue weighted by molar-refractivity contribution is -0.140. The van der Waals surface area contributed by atoms with Crippen LogP contribution in [0.3, 0.4) is 0 Å². The summed E-state index contributed by atoms with van der Waals surface area (Å²) in [5, 5.41) is 9.57. The summed E-state index contributed by atoms with van der Waals surface area (Å²) in [4.78, 5) is 11.2. The summed E-state index contributed by atoms with van der Waals surface area (Å²) >= 11 is 2.04. The molecule has 0 unspecified atom stereocenters. The number of phenolic OH excluding ortho intramolecular Hbond substituents is 1. The molecule has 4 heteroatoms. The molecule has 0 saturated heterocycles. The van der Waals surface area contributed by atoms with E-state index in [1.54, 1.807) is 19.1 Å². The minimum Gasteiger partial charge on any atom is -0.507 e. The number of aromatic hydroxyl groups is 1. The molecule has 0 heterocycles. The summed E-state index contributed by atoms with van der Waals surface area (Å²) in [6.07, 6.45) is 0. The van der Waals surface area contributed by atoms with Crippen molar-refractivity contribution >= 4 is 28.6 Å². The molecular weight excluding hydrogens is 319 g/mol. The van der Waals surface area contributed by atoms with Gasteiger partial charge in [0.15, 0.2) is 0 Å². The average Bonchev–Trinajstić information content (AvgIpc) is 2.22. The lowest BCUT2D eigenvalue weighted by Gasteiger charge is -2.08. The van der Waals surface area contributed by atoms with Crippen LogP contribution in [0, 0.1) is 10.5 Å². The van der Waals surface area contributed by atoms with Gasteiger partial charge in [0.1, 0.15) is 12.4 Å². The van der Waals surface area contributed by atoms with Crippen LogP contribution in [0.4, 0.5) is 0 Å². The van der Waals surface area contributed by atoms with Gasteiger partial charge < -0.3 is 9.84 Å². The van der Waals surface area contributed by atoms with Crippen LogP contribution in [-0.4, -0.2) is 11.1 Å². The zero-order chi connectivity index (χ0) is 12.3. The maximum atomic E-state index is 11.2. The van der Waals surface area contributed by atoms with Crippen molar-refractivity contribution in [1.29, 1.82) is 0 Å². The number of ether oxygens (including phenoxy) is 1. The number of carbonyl (C=O) groups is 1. The first-order valence-electron chi connectivity index (χ1n) is 4.72. The third-order valence-corrected chi connectivity index (χ3v) is 2.85. The van der Waals surface area contributed by atoms with Crippen molar-refractivity contribution in [3.63, 3.8) is 0 Å². The second-order valence-corrected chi connectivity index (χ2v) is 4.76. The summed E-state index contributed by atoms with van der Waals surface area (Å²) in [6.45, 7) is 7.11. The highest BCUT2D eigenvalue weighted by Gasteiger charge is 2.07. The highest BCUT2D eigenvalue weighted by atomic mass is 127. The van der Waals surface area contributed by atoms with Crippen LogP contribution in [0.1, 0.15) is 18.1 Å². The fourth-order valence-electron chi connectivity index (χ4n) is 1.16. The topological polar surface area (TPSA) is 46.5 Å². The van der Waals surface area contributed by atoms with Crippen LogP contribution in [0.15, 0.2) is 24.3 Å². The molecule has 0 bridgehead atoms. The van der Waals surface area contributed by atoms with Crippen molar-refractivity contribution in [2.75, 3.05) is 0 Å². The monoisotopic (exact) mass is 332 g/mol. The zero-order valence-electron chi connectivity index (χ0n) is 9.21. The molecule has 0 saturated carbocycles. The largest absolute Gasteiger partial charge is 0.507 e. The Hall–Kier alpha value is -1.04. The number of carbonyl (C=O) groups excluding carboxylic acids is 1. The van der Waals surface area contributed by atoms with E-state index in [1.807, 2.05) is 29.5 Å². The average molecular weight is 332 g/mol. The zero-order valence-corrected chi connectivity index (χ0v) is 11.4. The number of phenols is 1. The summed E-state index contributed by atoms with van der Waals surface area (Å²) in [6, 6.07) is 3.58. The third kappa shape index (κ3) is 3.23. The molecule has 1 rings (SSSR count). The van der Waals surface area contributed by atoms with E-state index in [0.717, 1.165) is 14.7 Å². The molecule has 1 N–H and O–H groups in total. The number of hydrogen-bond donors (Lipinski definition) is 1. The van der Waals surface area contributed by atoms with Crippen LogP contribution in [0.25, 0.3) is 0 Å². The van der Waals surface area contributed by atoms with Crippen molar-refractivity contribution in [2.45, 2.75) is 20.5 Å². The molecular formula is C12H13IO3. The first kappa shape index (κ1) is 13.0. The first-order chi connectivity index (χ1) is 7.41. The first-order valence-corrected chi connectivity index (χ1v) is 5.80. The van der Waals surface area contributed by atoms with Crippen LogP contribution in [0.2, 0.25) is 0 Å². The van der Waals surface area contributed by atoms with E-state index >= 15 is 0 Å². The van der Waals surface area contributed by atoms with Crippen molar-refractivity contribution in [2.24, 2.45) is 0 Å². The smallest absolute Gasteiger partial charge is 0.333 e. The molecule has 86 valence electrons. The van der Waals surface area contributed by atoms with Gasteiger partial charge in [-0.2, -0.15) is 0 Å². The maximum absolute atomic E-state index is 11.2. The van der Waals surface area contributed by atoms with Crippen LogP contribution < -0.4 is 0 Å². The minimum absolute atomic E-state index is 0.197. The Kier molecular flexibility index (Phi) is 4.35. The summed E-state index contributed by atoms with van der Waals surface area (Å²) < 4.78 is 5.76. The van der Waals surface area contributed by atoms with Crippen LogP contribution >= 0.6 is 22.6 Å². The molecule has 0 aliphatic heterocycles. The van der Waals surface area contributed by atoms with E-state index < -0.39 is 5.97 Å². The second-order valence-electron chi connectivity index (χ2n) is 3.60. The number of benzene rings is 1. The van der Waals surface area contributed by atoms with Gasteiger partial charge in [-0.3, -0.25) is 0 Å². The van der Waals surface area contributed by atoms with Gasteiger partial charge in [0.25, 0.3) is 0 Å². The van der Waals surface area contributed by atoms with Gasteiger partial charge in [0.05, 0.1) is 3.57 Å². The minimum atomic E-state index is -0.402. The lowest BCUT2D eigenvalue weighted by Crippen LogP contribution is -2.05. The predicted molar refractivity (Wildman–Crippen MR) is 70.2 cm³/mol. The molecule has 0 aliphatic carbocycles. The molecule has 0 spiro atoms. The fraction of sp³-hybridized carbons (Fsp3) is 0.250. The highest BCUT2D eigenvalue weighted by molar-refractivity contribution is 14.1. The highest BCUT2D eigenvalue weighted by Crippen LogP contribution is 2.25. The second kappa shape index (κ2) is 5.34. The molecule has 1 aromatic carbocycles. The Balaban J connectivity index is 2.76. The van der Waals surface area contributed by atoms with Gasteiger partial charge in [-0.15, -0.1) is 0 Å². The van der Waals surface area contributed by atoms with Gasteiger partial charge in [-0.05, 0) is 59.7 Å². The van der Waals surface area contributed by atoms with Gasteiger partial charge >= 0.3 is 5.97 Å². The fourth-order valence-corrected chi connectivity index (χ4v) is 1.99. The number of halogens is 1. The molecule has 1 aromatic rings. The van der Waals surface area contributed by atoms with Crippen LogP contribution in [0.5, 0.6) is 5.75 Å². The van der Waals surface area contributed by atoms with Gasteiger partial charge in [-0.25, -0.2) is 4.79 Å². The number of esters is 1. The van der Waals surface area contributed by atoms with E-state index in [1.165, 1.54) is 0 Å². The summed E-state index contributed by atoms with van der Waals surface area (Å²) in [5.74, 6) is -0.128. The van der Waals surface area contributed by atoms with E-state index in [0.29, 0.717) is 5.57 Å². The molecule has 0 aromatic heterocycles. The van der Waals surface area contributed by atoms with Gasteiger partial charge in [0, 0.05) is 5.57 Å². The number of aryl methyl sites for hydroxylation is 1. The normalized spacial score (nSPS) is 9.94. The summed E-state index contributed by atoms with van der Waals surface area (Å²) in [7, 11) is 0. The Morgan fingerprint density at radius 2 is 2.19 bits per heavy atom. The van der Waals surface area contributed by atoms with Gasteiger partial charge in [0.2, 0.25) is 0 Å². The van der Waals surface area contributed by atoms with Crippen molar-refractivity contribution < 1.29 is 14.6 Å². The lowest BCUT2D eigenvalue weighted by atomic mass is 10.1.